The maximum absolute atomic E-state index is 5.89. The lowest BCUT2D eigenvalue weighted by Gasteiger charge is -2.37. The molecule has 1 aromatic rings. The van der Waals surface area contributed by atoms with E-state index in [0.29, 0.717) is 0 Å². The average Bonchev–Trinajstić information content (AvgIpc) is 2.85. The van der Waals surface area contributed by atoms with Crippen LogP contribution in [0.3, 0.4) is 0 Å². The Bertz CT molecular complexity index is 624. The van der Waals surface area contributed by atoms with Crippen molar-refractivity contribution in [3.05, 3.63) is 24.3 Å². The van der Waals surface area contributed by atoms with Crippen molar-refractivity contribution in [2.24, 2.45) is 0 Å². The molecule has 0 spiro atoms. The van der Waals surface area contributed by atoms with Gasteiger partial charge in [0, 0.05) is 13.2 Å². The van der Waals surface area contributed by atoms with Crippen molar-refractivity contribution in [2.75, 3.05) is 52.9 Å². The van der Waals surface area contributed by atoms with E-state index < -0.39 is 0 Å². The maximum Gasteiger partial charge on any atom is 0.119 e. The van der Waals surface area contributed by atoms with Gasteiger partial charge in [-0.05, 0) is 63.8 Å². The molecular formula is C30H50O6. The van der Waals surface area contributed by atoms with Gasteiger partial charge in [-0.1, -0.05) is 51.4 Å². The van der Waals surface area contributed by atoms with E-state index >= 15 is 0 Å². The van der Waals surface area contributed by atoms with Crippen molar-refractivity contribution in [1.29, 1.82) is 0 Å². The number of unbranched alkanes of at least 4 members (excludes halogenated alkanes) is 10. The molecule has 0 aromatic heterocycles. The lowest BCUT2D eigenvalue weighted by Crippen LogP contribution is -2.49. The van der Waals surface area contributed by atoms with Gasteiger partial charge in [0.05, 0.1) is 39.6 Å². The molecule has 6 nitrogen and oxygen atoms in total. The first-order valence-electron chi connectivity index (χ1n) is 14.4. The SMILES string of the molecule is CC1(OCCCCCCCCOc2ccc(OCCCCCCCCOC3(C)COC3)cc2)COC1. The van der Waals surface area contributed by atoms with E-state index in [9.17, 15) is 0 Å². The summed E-state index contributed by atoms with van der Waals surface area (Å²) in [4.78, 5) is 0. The van der Waals surface area contributed by atoms with E-state index in [1.807, 2.05) is 24.3 Å². The molecule has 2 saturated heterocycles. The molecule has 2 fully saturated rings. The second-order valence-corrected chi connectivity index (χ2v) is 11.0. The van der Waals surface area contributed by atoms with Crippen LogP contribution in [0.15, 0.2) is 24.3 Å². The van der Waals surface area contributed by atoms with Crippen LogP contribution in [0.5, 0.6) is 11.5 Å². The predicted molar refractivity (Wildman–Crippen MR) is 143 cm³/mol. The summed E-state index contributed by atoms with van der Waals surface area (Å²) in [6, 6.07) is 8.06. The first-order valence-corrected chi connectivity index (χ1v) is 14.4. The van der Waals surface area contributed by atoms with Crippen molar-refractivity contribution in [3.8, 4) is 11.5 Å². The van der Waals surface area contributed by atoms with Crippen LogP contribution in [-0.4, -0.2) is 64.1 Å². The second kappa shape index (κ2) is 16.5. The minimum atomic E-state index is -0.0117. The van der Waals surface area contributed by atoms with Gasteiger partial charge >= 0.3 is 0 Å². The normalized spacial score (nSPS) is 17.8. The Labute approximate surface area is 219 Å². The third-order valence-corrected chi connectivity index (χ3v) is 6.97. The zero-order valence-corrected chi connectivity index (χ0v) is 22.9. The Hall–Kier alpha value is -1.34. The van der Waals surface area contributed by atoms with Crippen LogP contribution in [0.2, 0.25) is 0 Å². The van der Waals surface area contributed by atoms with E-state index in [1.54, 1.807) is 0 Å². The van der Waals surface area contributed by atoms with Gasteiger partial charge in [0.15, 0.2) is 0 Å². The van der Waals surface area contributed by atoms with Gasteiger partial charge in [0.2, 0.25) is 0 Å². The Morgan fingerprint density at radius 1 is 0.500 bits per heavy atom. The molecule has 0 bridgehead atoms. The molecule has 2 aliphatic rings. The van der Waals surface area contributed by atoms with Crippen LogP contribution in [0.25, 0.3) is 0 Å². The molecule has 0 atom stereocenters. The molecule has 6 heteroatoms. The van der Waals surface area contributed by atoms with Crippen molar-refractivity contribution in [3.63, 3.8) is 0 Å². The molecule has 0 saturated carbocycles. The Morgan fingerprint density at radius 3 is 1.11 bits per heavy atom. The Kier molecular flexibility index (Phi) is 13.4. The molecule has 0 unspecified atom stereocenters. The minimum absolute atomic E-state index is 0.0117. The van der Waals surface area contributed by atoms with Crippen LogP contribution in [-0.2, 0) is 18.9 Å². The topological polar surface area (TPSA) is 55.4 Å². The van der Waals surface area contributed by atoms with Gasteiger partial charge in [-0.3, -0.25) is 0 Å². The molecule has 3 rings (SSSR count). The Morgan fingerprint density at radius 2 is 0.806 bits per heavy atom. The fourth-order valence-corrected chi connectivity index (χ4v) is 4.42. The largest absolute Gasteiger partial charge is 0.494 e. The third-order valence-electron chi connectivity index (χ3n) is 6.97. The van der Waals surface area contributed by atoms with Gasteiger partial charge < -0.3 is 28.4 Å². The summed E-state index contributed by atoms with van der Waals surface area (Å²) in [7, 11) is 0. The van der Waals surface area contributed by atoms with Crippen LogP contribution in [0.1, 0.15) is 90.9 Å². The summed E-state index contributed by atoms with van der Waals surface area (Å²) < 4.78 is 33.9. The summed E-state index contributed by atoms with van der Waals surface area (Å²) in [5, 5.41) is 0. The first-order chi connectivity index (χ1) is 17.6. The standard InChI is InChI=1S/C30H50O6/c1-29(23-31-24-29)35-21-13-9-5-3-7-11-19-33-27-15-17-28(18-16-27)34-20-12-8-4-6-10-14-22-36-30(2)25-32-26-30/h15-18H,3-14,19-26H2,1-2H3. The van der Waals surface area contributed by atoms with E-state index in [1.165, 1.54) is 51.4 Å². The summed E-state index contributed by atoms with van der Waals surface area (Å²) >= 11 is 0. The van der Waals surface area contributed by atoms with Crippen molar-refractivity contribution < 1.29 is 28.4 Å². The molecule has 0 aliphatic carbocycles. The molecule has 0 N–H and O–H groups in total. The second-order valence-electron chi connectivity index (χ2n) is 11.0. The predicted octanol–water partition coefficient (Wildman–Crippen LogP) is 6.74. The third kappa shape index (κ3) is 11.8. The summed E-state index contributed by atoms with van der Waals surface area (Å²) in [6.07, 6.45) is 14.5. The first kappa shape index (κ1) is 29.2. The number of hydrogen-bond acceptors (Lipinski definition) is 6. The highest BCUT2D eigenvalue weighted by atomic mass is 16.6. The van der Waals surface area contributed by atoms with Crippen LogP contribution in [0, 0.1) is 0 Å². The molecular weight excluding hydrogens is 456 g/mol. The highest BCUT2D eigenvalue weighted by Crippen LogP contribution is 2.22. The zero-order chi connectivity index (χ0) is 25.4. The van der Waals surface area contributed by atoms with Crippen LogP contribution >= 0.6 is 0 Å². The number of rotatable bonds is 22. The van der Waals surface area contributed by atoms with E-state index in [4.69, 9.17) is 28.4 Å². The molecule has 2 aliphatic heterocycles. The van der Waals surface area contributed by atoms with E-state index in [0.717, 1.165) is 90.0 Å². The van der Waals surface area contributed by atoms with Gasteiger partial charge in [-0.2, -0.15) is 0 Å². The zero-order valence-electron chi connectivity index (χ0n) is 22.9. The van der Waals surface area contributed by atoms with E-state index in [-0.39, 0.29) is 11.2 Å². The van der Waals surface area contributed by atoms with Gasteiger partial charge in [0.25, 0.3) is 0 Å². The maximum atomic E-state index is 5.89. The van der Waals surface area contributed by atoms with Crippen molar-refractivity contribution >= 4 is 0 Å². The quantitative estimate of drug-likeness (QED) is 0.162. The number of benzene rings is 1. The molecule has 0 amide bonds. The summed E-state index contributed by atoms with van der Waals surface area (Å²) in [6.45, 7) is 10.5. The van der Waals surface area contributed by atoms with E-state index in [2.05, 4.69) is 13.8 Å². The average molecular weight is 507 g/mol. The Balaban J connectivity index is 1.06. The lowest BCUT2D eigenvalue weighted by molar-refractivity contribution is -0.199. The monoisotopic (exact) mass is 506 g/mol. The van der Waals surface area contributed by atoms with Gasteiger partial charge in [-0.25, -0.2) is 0 Å². The number of hydrogen-bond donors (Lipinski definition) is 0. The highest BCUT2D eigenvalue weighted by molar-refractivity contribution is 5.31. The minimum Gasteiger partial charge on any atom is -0.494 e. The molecule has 0 radical (unpaired) electrons. The lowest BCUT2D eigenvalue weighted by atomic mass is 10.1. The van der Waals surface area contributed by atoms with Crippen LogP contribution < -0.4 is 9.47 Å². The van der Waals surface area contributed by atoms with Gasteiger partial charge in [-0.15, -0.1) is 0 Å². The number of ether oxygens (including phenoxy) is 6. The van der Waals surface area contributed by atoms with Crippen LogP contribution in [0.4, 0.5) is 0 Å². The highest BCUT2D eigenvalue weighted by Gasteiger charge is 2.34. The van der Waals surface area contributed by atoms with Gasteiger partial charge in [0.1, 0.15) is 22.7 Å². The summed E-state index contributed by atoms with van der Waals surface area (Å²) in [5.41, 5.74) is -0.0235. The fourth-order valence-electron chi connectivity index (χ4n) is 4.42. The molecule has 206 valence electrons. The molecule has 2 heterocycles. The van der Waals surface area contributed by atoms with Crippen molar-refractivity contribution in [1.82, 2.24) is 0 Å². The smallest absolute Gasteiger partial charge is 0.119 e. The summed E-state index contributed by atoms with van der Waals surface area (Å²) in [5.74, 6) is 1.85. The fraction of sp³-hybridized carbons (Fsp3) is 0.800. The molecule has 1 aromatic carbocycles. The van der Waals surface area contributed by atoms with Crippen molar-refractivity contribution in [2.45, 2.75) is 102 Å². The molecule has 36 heavy (non-hydrogen) atoms.